The van der Waals surface area contributed by atoms with Crippen molar-refractivity contribution in [2.75, 3.05) is 6.61 Å². The maximum Gasteiger partial charge on any atom is 0.0701 e. The predicted molar refractivity (Wildman–Crippen MR) is 60.0 cm³/mol. The fourth-order valence-electron chi connectivity index (χ4n) is 1.03. The minimum Gasteiger partial charge on any atom is -0.396 e. The number of halogens is 1. The van der Waals surface area contributed by atoms with E-state index in [1.165, 1.54) is 9.35 Å². The molecule has 0 aromatic carbocycles. The number of nitrogens with one attached hydrogen (secondary N) is 1. The summed E-state index contributed by atoms with van der Waals surface area (Å²) in [6.07, 6.45) is 0.811. The second kappa shape index (κ2) is 5.75. The molecule has 1 rings (SSSR count). The largest absolute Gasteiger partial charge is 0.396 e. The van der Waals surface area contributed by atoms with Gasteiger partial charge >= 0.3 is 0 Å². The van der Waals surface area contributed by atoms with E-state index < -0.39 is 0 Å². The van der Waals surface area contributed by atoms with Gasteiger partial charge in [0.2, 0.25) is 0 Å². The Bertz CT molecular complexity index is 252. The fraction of sp³-hybridized carbons (Fsp3) is 0.556. The molecule has 2 N–H and O–H groups in total. The van der Waals surface area contributed by atoms with Crippen molar-refractivity contribution in [3.63, 3.8) is 0 Å². The Morgan fingerprint density at radius 1 is 1.69 bits per heavy atom. The smallest absolute Gasteiger partial charge is 0.0701 e. The lowest BCUT2D eigenvalue weighted by Crippen LogP contribution is -2.26. The van der Waals surface area contributed by atoms with Gasteiger partial charge in [0.05, 0.1) is 3.79 Å². The summed E-state index contributed by atoms with van der Waals surface area (Å²) < 4.78 is 1.17. The molecule has 1 aromatic rings. The van der Waals surface area contributed by atoms with Gasteiger partial charge in [0.1, 0.15) is 0 Å². The third kappa shape index (κ3) is 4.22. The second-order valence-corrected chi connectivity index (χ2v) is 5.34. The van der Waals surface area contributed by atoms with Gasteiger partial charge in [-0.05, 0) is 46.3 Å². The molecule has 0 saturated carbocycles. The highest BCUT2D eigenvalue weighted by molar-refractivity contribution is 9.11. The van der Waals surface area contributed by atoms with Crippen molar-refractivity contribution < 1.29 is 5.11 Å². The standard InChI is InChI=1S/C9H14BrNOS/c1-7(2-3-12)11-5-8-4-9(10)13-6-8/h4,6-7,11-12H,2-3,5H2,1H3. The van der Waals surface area contributed by atoms with Gasteiger partial charge in [0.15, 0.2) is 0 Å². The van der Waals surface area contributed by atoms with E-state index >= 15 is 0 Å². The molecule has 0 amide bonds. The SMILES string of the molecule is CC(CCO)NCc1csc(Br)c1. The Hall–Kier alpha value is 0.100. The van der Waals surface area contributed by atoms with Crippen LogP contribution >= 0.6 is 27.3 Å². The molecule has 0 aliphatic carbocycles. The Labute approximate surface area is 91.1 Å². The second-order valence-electron chi connectivity index (χ2n) is 3.05. The summed E-state index contributed by atoms with van der Waals surface area (Å²) in [6.45, 7) is 3.21. The van der Waals surface area contributed by atoms with E-state index in [9.17, 15) is 0 Å². The summed E-state index contributed by atoms with van der Waals surface area (Å²) in [4.78, 5) is 0. The fourth-order valence-corrected chi connectivity index (χ4v) is 2.24. The molecular formula is C9H14BrNOS. The van der Waals surface area contributed by atoms with Gasteiger partial charge in [-0.15, -0.1) is 11.3 Å². The van der Waals surface area contributed by atoms with Gasteiger partial charge < -0.3 is 10.4 Å². The third-order valence-corrected chi connectivity index (χ3v) is 3.39. The van der Waals surface area contributed by atoms with E-state index in [4.69, 9.17) is 5.11 Å². The van der Waals surface area contributed by atoms with E-state index in [2.05, 4.69) is 39.6 Å². The topological polar surface area (TPSA) is 32.3 Å². The molecule has 4 heteroatoms. The molecule has 13 heavy (non-hydrogen) atoms. The van der Waals surface area contributed by atoms with Gasteiger partial charge in [-0.3, -0.25) is 0 Å². The maximum atomic E-state index is 8.69. The van der Waals surface area contributed by atoms with Crippen LogP contribution in [0.2, 0.25) is 0 Å². The van der Waals surface area contributed by atoms with Crippen molar-refractivity contribution in [2.24, 2.45) is 0 Å². The van der Waals surface area contributed by atoms with Crippen LogP contribution in [0, 0.1) is 0 Å². The highest BCUT2D eigenvalue weighted by atomic mass is 79.9. The zero-order valence-corrected chi connectivity index (χ0v) is 9.99. The number of aliphatic hydroxyl groups excluding tert-OH is 1. The molecule has 0 spiro atoms. The quantitative estimate of drug-likeness (QED) is 0.855. The van der Waals surface area contributed by atoms with Gasteiger partial charge in [-0.25, -0.2) is 0 Å². The number of hydrogen-bond donors (Lipinski definition) is 2. The molecule has 1 heterocycles. The Balaban J connectivity index is 2.26. The van der Waals surface area contributed by atoms with Crippen molar-refractivity contribution in [3.8, 4) is 0 Å². The van der Waals surface area contributed by atoms with Crippen LogP contribution in [0.5, 0.6) is 0 Å². The monoisotopic (exact) mass is 263 g/mol. The molecule has 74 valence electrons. The van der Waals surface area contributed by atoms with Gasteiger partial charge in [-0.1, -0.05) is 0 Å². The van der Waals surface area contributed by atoms with Crippen molar-refractivity contribution in [3.05, 3.63) is 20.8 Å². The lowest BCUT2D eigenvalue weighted by molar-refractivity contribution is 0.268. The summed E-state index contributed by atoms with van der Waals surface area (Å²) in [5.41, 5.74) is 1.29. The molecule has 0 aliphatic heterocycles. The molecular weight excluding hydrogens is 250 g/mol. The highest BCUT2D eigenvalue weighted by Gasteiger charge is 2.01. The van der Waals surface area contributed by atoms with Crippen molar-refractivity contribution in [1.82, 2.24) is 5.32 Å². The normalized spacial score (nSPS) is 13.2. The van der Waals surface area contributed by atoms with Crippen LogP contribution in [0.4, 0.5) is 0 Å². The van der Waals surface area contributed by atoms with E-state index in [0.29, 0.717) is 6.04 Å². The number of thiophene rings is 1. The molecule has 1 atom stereocenters. The van der Waals surface area contributed by atoms with E-state index in [-0.39, 0.29) is 6.61 Å². The van der Waals surface area contributed by atoms with E-state index in [1.54, 1.807) is 11.3 Å². The van der Waals surface area contributed by atoms with Crippen LogP contribution in [-0.2, 0) is 6.54 Å². The molecule has 1 unspecified atom stereocenters. The Morgan fingerprint density at radius 3 is 3.00 bits per heavy atom. The predicted octanol–water partition coefficient (Wildman–Crippen LogP) is 2.37. The average Bonchev–Trinajstić information content (AvgIpc) is 2.49. The van der Waals surface area contributed by atoms with Gasteiger partial charge in [-0.2, -0.15) is 0 Å². The molecule has 2 nitrogen and oxygen atoms in total. The summed E-state index contributed by atoms with van der Waals surface area (Å²) >= 11 is 5.12. The molecule has 0 aliphatic rings. The first-order valence-electron chi connectivity index (χ1n) is 4.29. The number of aliphatic hydroxyl groups is 1. The molecule has 0 radical (unpaired) electrons. The van der Waals surface area contributed by atoms with Crippen LogP contribution in [0.15, 0.2) is 15.2 Å². The van der Waals surface area contributed by atoms with Crippen LogP contribution in [0.3, 0.4) is 0 Å². The average molecular weight is 264 g/mol. The summed E-state index contributed by atoms with van der Waals surface area (Å²) in [6, 6.07) is 2.49. The van der Waals surface area contributed by atoms with Crippen molar-refractivity contribution >= 4 is 27.3 Å². The van der Waals surface area contributed by atoms with Gasteiger partial charge in [0, 0.05) is 19.2 Å². The number of rotatable bonds is 5. The van der Waals surface area contributed by atoms with Crippen LogP contribution < -0.4 is 5.32 Å². The third-order valence-electron chi connectivity index (χ3n) is 1.84. The summed E-state index contributed by atoms with van der Waals surface area (Å²) in [5, 5.41) is 14.2. The molecule has 0 fully saturated rings. The minimum absolute atomic E-state index is 0.251. The lowest BCUT2D eigenvalue weighted by atomic mass is 10.2. The van der Waals surface area contributed by atoms with Crippen LogP contribution in [0.25, 0.3) is 0 Å². The zero-order valence-electron chi connectivity index (χ0n) is 7.59. The summed E-state index contributed by atoms with van der Waals surface area (Å²) in [7, 11) is 0. The first-order valence-corrected chi connectivity index (χ1v) is 5.97. The Kier molecular flexibility index (Phi) is 4.94. The first-order chi connectivity index (χ1) is 6.22. The lowest BCUT2D eigenvalue weighted by Gasteiger charge is -2.10. The minimum atomic E-state index is 0.251. The first kappa shape index (κ1) is 11.2. The van der Waals surface area contributed by atoms with Gasteiger partial charge in [0.25, 0.3) is 0 Å². The van der Waals surface area contributed by atoms with E-state index in [1.807, 2.05) is 0 Å². The van der Waals surface area contributed by atoms with Crippen molar-refractivity contribution in [2.45, 2.75) is 25.9 Å². The van der Waals surface area contributed by atoms with Crippen LogP contribution in [-0.4, -0.2) is 17.8 Å². The summed E-state index contributed by atoms with van der Waals surface area (Å²) in [5.74, 6) is 0. The van der Waals surface area contributed by atoms with Crippen LogP contribution in [0.1, 0.15) is 18.9 Å². The van der Waals surface area contributed by atoms with E-state index in [0.717, 1.165) is 13.0 Å². The maximum absolute atomic E-state index is 8.69. The molecule has 0 saturated heterocycles. The number of hydrogen-bond acceptors (Lipinski definition) is 3. The Morgan fingerprint density at radius 2 is 2.46 bits per heavy atom. The highest BCUT2D eigenvalue weighted by Crippen LogP contribution is 2.20. The molecule has 1 aromatic heterocycles. The zero-order chi connectivity index (χ0) is 9.68. The molecule has 0 bridgehead atoms. The van der Waals surface area contributed by atoms with Crippen molar-refractivity contribution in [1.29, 1.82) is 0 Å².